The number of hydrogen-bond donors (Lipinski definition) is 2. The Morgan fingerprint density at radius 3 is 3.05 bits per heavy atom. The summed E-state index contributed by atoms with van der Waals surface area (Å²) >= 11 is 0. The van der Waals surface area contributed by atoms with Crippen LogP contribution in [-0.2, 0) is 0 Å². The van der Waals surface area contributed by atoms with E-state index in [1.54, 1.807) is 0 Å². The predicted octanol–water partition coefficient (Wildman–Crippen LogP) is -0.147. The SMILES string of the molecule is CN(CC1CCNCC1)c1cc2n[nH]c(=O)n2cn1. The van der Waals surface area contributed by atoms with E-state index in [9.17, 15) is 4.79 Å². The maximum atomic E-state index is 11.4. The third-order valence-corrected chi connectivity index (χ3v) is 3.68. The van der Waals surface area contributed by atoms with Crippen molar-refractivity contribution in [2.45, 2.75) is 12.8 Å². The van der Waals surface area contributed by atoms with E-state index in [1.165, 1.54) is 23.6 Å². The minimum atomic E-state index is -0.255. The standard InChI is InChI=1S/C12H18N6O/c1-17(7-9-2-4-13-5-3-9)10-6-11-15-16-12(19)18(11)8-14-10/h6,8-9,13H,2-5,7H2,1H3,(H,16,19). The summed E-state index contributed by atoms with van der Waals surface area (Å²) in [5, 5.41) is 9.74. The van der Waals surface area contributed by atoms with Gasteiger partial charge in [0.1, 0.15) is 12.1 Å². The molecule has 0 bridgehead atoms. The van der Waals surface area contributed by atoms with Gasteiger partial charge in [-0.25, -0.2) is 19.3 Å². The van der Waals surface area contributed by atoms with E-state index in [2.05, 4.69) is 25.4 Å². The van der Waals surface area contributed by atoms with E-state index < -0.39 is 0 Å². The summed E-state index contributed by atoms with van der Waals surface area (Å²) in [4.78, 5) is 17.8. The molecule has 7 nitrogen and oxygen atoms in total. The summed E-state index contributed by atoms with van der Waals surface area (Å²) in [6.07, 6.45) is 3.93. The number of fused-ring (bicyclic) bond motifs is 1. The van der Waals surface area contributed by atoms with Crippen LogP contribution in [0.5, 0.6) is 0 Å². The van der Waals surface area contributed by atoms with Crippen molar-refractivity contribution in [2.75, 3.05) is 31.6 Å². The number of nitrogens with zero attached hydrogens (tertiary/aromatic N) is 4. The summed E-state index contributed by atoms with van der Waals surface area (Å²) in [6, 6.07) is 1.83. The molecule has 0 aliphatic carbocycles. The average Bonchev–Trinajstić information content (AvgIpc) is 2.81. The number of aromatic nitrogens is 4. The largest absolute Gasteiger partial charge is 0.359 e. The lowest BCUT2D eigenvalue weighted by Crippen LogP contribution is -2.34. The Morgan fingerprint density at radius 2 is 2.26 bits per heavy atom. The zero-order valence-corrected chi connectivity index (χ0v) is 11.0. The van der Waals surface area contributed by atoms with Gasteiger partial charge in [0.05, 0.1) is 0 Å². The Balaban J connectivity index is 1.76. The van der Waals surface area contributed by atoms with Crippen LogP contribution in [0.2, 0.25) is 0 Å². The van der Waals surface area contributed by atoms with Crippen molar-refractivity contribution in [1.82, 2.24) is 24.9 Å². The first-order valence-corrected chi connectivity index (χ1v) is 6.58. The zero-order valence-electron chi connectivity index (χ0n) is 11.0. The Labute approximate surface area is 110 Å². The van der Waals surface area contributed by atoms with E-state index in [0.29, 0.717) is 11.6 Å². The third-order valence-electron chi connectivity index (χ3n) is 3.68. The van der Waals surface area contributed by atoms with Crippen LogP contribution in [0.1, 0.15) is 12.8 Å². The second-order valence-corrected chi connectivity index (χ2v) is 5.08. The third kappa shape index (κ3) is 2.46. The molecule has 2 N–H and O–H groups in total. The number of rotatable bonds is 3. The zero-order chi connectivity index (χ0) is 13.2. The van der Waals surface area contributed by atoms with Gasteiger partial charge < -0.3 is 10.2 Å². The lowest BCUT2D eigenvalue weighted by molar-refractivity contribution is 0.377. The fourth-order valence-corrected chi connectivity index (χ4v) is 2.55. The van der Waals surface area contributed by atoms with Crippen LogP contribution in [0, 0.1) is 5.92 Å². The van der Waals surface area contributed by atoms with Crippen LogP contribution in [0.15, 0.2) is 17.2 Å². The maximum Gasteiger partial charge on any atom is 0.348 e. The Bertz CT molecular complexity index is 612. The highest BCUT2D eigenvalue weighted by Crippen LogP contribution is 2.17. The number of H-pyrrole nitrogens is 1. The summed E-state index contributed by atoms with van der Waals surface area (Å²) in [5.74, 6) is 1.55. The molecule has 7 heteroatoms. The minimum Gasteiger partial charge on any atom is -0.359 e. The van der Waals surface area contributed by atoms with Gasteiger partial charge in [0, 0.05) is 19.7 Å². The normalized spacial score (nSPS) is 16.9. The molecule has 1 aliphatic rings. The maximum absolute atomic E-state index is 11.4. The molecular weight excluding hydrogens is 244 g/mol. The molecule has 1 fully saturated rings. The number of anilines is 1. The van der Waals surface area contributed by atoms with Crippen molar-refractivity contribution >= 4 is 11.5 Å². The lowest BCUT2D eigenvalue weighted by atomic mass is 9.98. The predicted molar refractivity (Wildman–Crippen MR) is 72.5 cm³/mol. The summed E-state index contributed by atoms with van der Waals surface area (Å²) < 4.78 is 1.40. The molecule has 0 amide bonds. The molecule has 19 heavy (non-hydrogen) atoms. The smallest absolute Gasteiger partial charge is 0.348 e. The number of piperidine rings is 1. The first-order valence-electron chi connectivity index (χ1n) is 6.58. The molecule has 0 atom stereocenters. The van der Waals surface area contributed by atoms with Crippen LogP contribution in [0.4, 0.5) is 5.82 Å². The van der Waals surface area contributed by atoms with Gasteiger partial charge in [0.15, 0.2) is 5.65 Å². The average molecular weight is 262 g/mol. The van der Waals surface area contributed by atoms with Gasteiger partial charge in [-0.3, -0.25) is 0 Å². The topological polar surface area (TPSA) is 78.3 Å². The number of nitrogens with one attached hydrogen (secondary N) is 2. The number of aromatic amines is 1. The van der Waals surface area contributed by atoms with Gasteiger partial charge in [-0.05, 0) is 31.8 Å². The molecule has 3 heterocycles. The Hall–Kier alpha value is -1.89. The van der Waals surface area contributed by atoms with Gasteiger partial charge in [-0.15, -0.1) is 0 Å². The van der Waals surface area contributed by atoms with Crippen molar-refractivity contribution in [3.8, 4) is 0 Å². The molecule has 0 spiro atoms. The highest BCUT2D eigenvalue weighted by atomic mass is 16.1. The molecule has 1 aliphatic heterocycles. The van der Waals surface area contributed by atoms with Crippen LogP contribution in [0.3, 0.4) is 0 Å². The molecule has 2 aromatic heterocycles. The molecule has 102 valence electrons. The van der Waals surface area contributed by atoms with Crippen LogP contribution in [0.25, 0.3) is 5.65 Å². The molecule has 1 saturated heterocycles. The molecular formula is C12H18N6O. The Kier molecular flexibility index (Phi) is 3.20. The van der Waals surface area contributed by atoms with Gasteiger partial charge >= 0.3 is 5.69 Å². The van der Waals surface area contributed by atoms with Crippen molar-refractivity contribution in [2.24, 2.45) is 5.92 Å². The van der Waals surface area contributed by atoms with E-state index in [4.69, 9.17) is 0 Å². The second kappa shape index (κ2) is 5.00. The molecule has 0 unspecified atom stereocenters. The van der Waals surface area contributed by atoms with Crippen molar-refractivity contribution in [3.63, 3.8) is 0 Å². The van der Waals surface area contributed by atoms with Crippen LogP contribution >= 0.6 is 0 Å². The summed E-state index contributed by atoms with van der Waals surface area (Å²) in [7, 11) is 2.03. The molecule has 0 radical (unpaired) electrons. The van der Waals surface area contributed by atoms with E-state index in [1.807, 2.05) is 13.1 Å². The summed E-state index contributed by atoms with van der Waals surface area (Å²) in [6.45, 7) is 3.18. The van der Waals surface area contributed by atoms with E-state index in [-0.39, 0.29) is 5.69 Å². The lowest BCUT2D eigenvalue weighted by Gasteiger charge is -2.28. The fraction of sp³-hybridized carbons (Fsp3) is 0.583. The number of hydrogen-bond acceptors (Lipinski definition) is 5. The van der Waals surface area contributed by atoms with Gasteiger partial charge in [-0.2, -0.15) is 5.10 Å². The van der Waals surface area contributed by atoms with Crippen molar-refractivity contribution in [1.29, 1.82) is 0 Å². The van der Waals surface area contributed by atoms with Gasteiger partial charge in [-0.1, -0.05) is 0 Å². The highest BCUT2D eigenvalue weighted by molar-refractivity contribution is 5.49. The minimum absolute atomic E-state index is 0.255. The second-order valence-electron chi connectivity index (χ2n) is 5.08. The quantitative estimate of drug-likeness (QED) is 0.804. The van der Waals surface area contributed by atoms with Gasteiger partial charge in [0.25, 0.3) is 0 Å². The monoisotopic (exact) mass is 262 g/mol. The highest BCUT2D eigenvalue weighted by Gasteiger charge is 2.16. The first-order chi connectivity index (χ1) is 9.24. The fourth-order valence-electron chi connectivity index (χ4n) is 2.55. The molecule has 3 rings (SSSR count). The van der Waals surface area contributed by atoms with Crippen LogP contribution in [-0.4, -0.2) is 46.3 Å². The van der Waals surface area contributed by atoms with E-state index in [0.717, 1.165) is 25.5 Å². The Morgan fingerprint density at radius 1 is 1.47 bits per heavy atom. The van der Waals surface area contributed by atoms with Crippen molar-refractivity contribution in [3.05, 3.63) is 22.9 Å². The van der Waals surface area contributed by atoms with Crippen molar-refractivity contribution < 1.29 is 0 Å². The molecule has 2 aromatic rings. The van der Waals surface area contributed by atoms with Gasteiger partial charge in [0.2, 0.25) is 0 Å². The van der Waals surface area contributed by atoms with E-state index >= 15 is 0 Å². The molecule has 0 aromatic carbocycles. The van der Waals surface area contributed by atoms with Crippen LogP contribution < -0.4 is 15.9 Å². The summed E-state index contributed by atoms with van der Waals surface area (Å²) in [5.41, 5.74) is 0.349. The first kappa shape index (κ1) is 12.2. The molecule has 0 saturated carbocycles.